The molecule has 2 saturated heterocycles. The largest absolute Gasteiger partial charge is 0.381 e. The van der Waals surface area contributed by atoms with Gasteiger partial charge in [-0.05, 0) is 37.8 Å². The summed E-state index contributed by atoms with van der Waals surface area (Å²) in [6.45, 7) is 13.3. The maximum atomic E-state index is 6.05. The second-order valence-corrected chi connectivity index (χ2v) is 8.87. The van der Waals surface area contributed by atoms with Crippen LogP contribution in [-0.2, 0) is 22.6 Å². The van der Waals surface area contributed by atoms with E-state index in [0.29, 0.717) is 18.1 Å². The van der Waals surface area contributed by atoms with Gasteiger partial charge in [0.15, 0.2) is 5.96 Å². The van der Waals surface area contributed by atoms with E-state index in [1.54, 1.807) is 0 Å². The number of hydrogen-bond donors (Lipinski definition) is 1. The third kappa shape index (κ3) is 4.46. The van der Waals surface area contributed by atoms with Crippen LogP contribution in [0.15, 0.2) is 29.3 Å². The highest BCUT2D eigenvalue weighted by Gasteiger charge is 2.53. The van der Waals surface area contributed by atoms with Crippen LogP contribution in [0.1, 0.15) is 51.7 Å². The molecule has 1 aromatic rings. The van der Waals surface area contributed by atoms with Crippen molar-refractivity contribution in [3.63, 3.8) is 0 Å². The highest BCUT2D eigenvalue weighted by atomic mass is 16.5. The molecule has 5 nitrogen and oxygen atoms in total. The topological polar surface area (TPSA) is 46.1 Å². The Morgan fingerprint density at radius 3 is 2.56 bits per heavy atom. The Hall–Kier alpha value is -1.59. The van der Waals surface area contributed by atoms with Crippen LogP contribution >= 0.6 is 0 Å². The van der Waals surface area contributed by atoms with E-state index in [0.717, 1.165) is 45.1 Å². The molecule has 0 saturated carbocycles. The maximum Gasteiger partial charge on any atom is 0.194 e. The lowest BCUT2D eigenvalue weighted by atomic mass is 9.65. The zero-order valence-corrected chi connectivity index (χ0v) is 17.5. The summed E-state index contributed by atoms with van der Waals surface area (Å²) in [6.07, 6.45) is 2.33. The summed E-state index contributed by atoms with van der Waals surface area (Å²) in [4.78, 5) is 6.87. The molecule has 2 aliphatic rings. The fraction of sp³-hybridized carbons (Fsp3) is 0.682. The van der Waals surface area contributed by atoms with Crippen LogP contribution in [-0.4, -0.2) is 49.3 Å². The lowest BCUT2D eigenvalue weighted by molar-refractivity contribution is -0.0667. The number of hydrogen-bond acceptors (Lipinski definition) is 3. The van der Waals surface area contributed by atoms with Crippen LogP contribution in [0.2, 0.25) is 0 Å². The molecule has 0 amide bonds. The number of guanidine groups is 1. The van der Waals surface area contributed by atoms with Crippen LogP contribution < -0.4 is 5.32 Å². The van der Waals surface area contributed by atoms with Gasteiger partial charge in [-0.15, -0.1) is 0 Å². The lowest BCUT2D eigenvalue weighted by Gasteiger charge is -2.62. The minimum absolute atomic E-state index is 0.105. The van der Waals surface area contributed by atoms with Gasteiger partial charge in [0.25, 0.3) is 0 Å². The highest BCUT2D eigenvalue weighted by molar-refractivity contribution is 5.82. The first kappa shape index (κ1) is 20.2. The van der Waals surface area contributed by atoms with Crippen molar-refractivity contribution in [3.05, 3.63) is 35.4 Å². The van der Waals surface area contributed by atoms with Crippen LogP contribution in [0, 0.1) is 5.41 Å². The number of aliphatic imine (C=N–C) groups is 1. The minimum Gasteiger partial charge on any atom is -0.381 e. The van der Waals surface area contributed by atoms with Crippen LogP contribution in [0.25, 0.3) is 0 Å². The van der Waals surface area contributed by atoms with Crippen molar-refractivity contribution >= 4 is 5.96 Å². The van der Waals surface area contributed by atoms with Crippen molar-refractivity contribution in [1.29, 1.82) is 0 Å². The zero-order valence-electron chi connectivity index (χ0n) is 17.5. The van der Waals surface area contributed by atoms with Crippen molar-refractivity contribution in [2.45, 2.75) is 65.3 Å². The van der Waals surface area contributed by atoms with Crippen molar-refractivity contribution in [2.24, 2.45) is 10.4 Å². The van der Waals surface area contributed by atoms with Gasteiger partial charge in [-0.2, -0.15) is 0 Å². The molecule has 0 unspecified atom stereocenters. The lowest BCUT2D eigenvalue weighted by Crippen LogP contribution is -2.72. The molecular formula is C22H35N3O2. The molecular weight excluding hydrogens is 338 g/mol. The van der Waals surface area contributed by atoms with Gasteiger partial charge >= 0.3 is 0 Å². The molecule has 1 aromatic carbocycles. The van der Waals surface area contributed by atoms with Gasteiger partial charge in [-0.3, -0.25) is 4.99 Å². The van der Waals surface area contributed by atoms with E-state index < -0.39 is 0 Å². The first-order chi connectivity index (χ1) is 12.8. The molecule has 2 fully saturated rings. The van der Waals surface area contributed by atoms with Crippen LogP contribution in [0.4, 0.5) is 0 Å². The fourth-order valence-electron chi connectivity index (χ4n) is 3.76. The van der Waals surface area contributed by atoms with Crippen molar-refractivity contribution in [3.8, 4) is 0 Å². The van der Waals surface area contributed by atoms with Crippen molar-refractivity contribution in [1.82, 2.24) is 10.2 Å². The number of benzene rings is 1. The van der Waals surface area contributed by atoms with E-state index in [1.165, 1.54) is 11.1 Å². The second kappa shape index (κ2) is 8.19. The molecule has 2 heterocycles. The molecule has 0 bridgehead atoms. The van der Waals surface area contributed by atoms with Crippen LogP contribution in [0.3, 0.4) is 0 Å². The van der Waals surface area contributed by atoms with Gasteiger partial charge in [0, 0.05) is 44.3 Å². The van der Waals surface area contributed by atoms with E-state index in [9.17, 15) is 0 Å². The zero-order chi connectivity index (χ0) is 19.5. The Morgan fingerprint density at radius 2 is 1.93 bits per heavy atom. The summed E-state index contributed by atoms with van der Waals surface area (Å²) in [5.74, 6) is 0.975. The van der Waals surface area contributed by atoms with Crippen LogP contribution in [0.5, 0.6) is 0 Å². The molecule has 0 atom stereocenters. The Bertz CT molecular complexity index is 663. The summed E-state index contributed by atoms with van der Waals surface area (Å²) in [5.41, 5.74) is 2.88. The van der Waals surface area contributed by atoms with Gasteiger partial charge in [-0.25, -0.2) is 0 Å². The monoisotopic (exact) mass is 373 g/mol. The predicted octanol–water partition coefficient (Wildman–Crippen LogP) is 3.58. The average Bonchev–Trinajstić information content (AvgIpc) is 2.67. The standard InChI is InChI=1S/C22H35N3O2/c1-21(2)16-25(22(21,3)4)20(23-5)24-14-17-7-6-8-18(13-17)15-27-19-9-11-26-12-10-19/h6-8,13,19H,9-12,14-16H2,1-5H3,(H,23,24). The molecule has 0 aromatic heterocycles. The molecule has 1 N–H and O–H groups in total. The first-order valence-corrected chi connectivity index (χ1v) is 10.1. The highest BCUT2D eigenvalue weighted by Crippen LogP contribution is 2.46. The second-order valence-electron chi connectivity index (χ2n) is 8.87. The number of likely N-dealkylation sites (tertiary alicyclic amines) is 1. The number of ether oxygens (including phenoxy) is 2. The number of rotatable bonds is 5. The molecule has 150 valence electrons. The summed E-state index contributed by atoms with van der Waals surface area (Å²) in [7, 11) is 1.86. The Kier molecular flexibility index (Phi) is 6.11. The molecule has 0 spiro atoms. The Labute approximate surface area is 164 Å². The van der Waals surface area contributed by atoms with Gasteiger partial charge in [0.1, 0.15) is 0 Å². The summed E-state index contributed by atoms with van der Waals surface area (Å²) >= 11 is 0. The normalized spacial score (nSPS) is 22.4. The maximum absolute atomic E-state index is 6.05. The number of nitrogens with zero attached hydrogens (tertiary/aromatic N) is 2. The van der Waals surface area contributed by atoms with Crippen molar-refractivity contribution in [2.75, 3.05) is 26.8 Å². The third-order valence-corrected chi connectivity index (χ3v) is 6.45. The van der Waals surface area contributed by atoms with Gasteiger partial charge < -0.3 is 19.7 Å². The Morgan fingerprint density at radius 1 is 1.22 bits per heavy atom. The fourth-order valence-corrected chi connectivity index (χ4v) is 3.76. The molecule has 0 aliphatic carbocycles. The molecule has 0 radical (unpaired) electrons. The minimum atomic E-state index is 0.105. The third-order valence-electron chi connectivity index (χ3n) is 6.45. The van der Waals surface area contributed by atoms with E-state index in [-0.39, 0.29) is 5.54 Å². The molecule has 3 rings (SSSR count). The smallest absolute Gasteiger partial charge is 0.194 e. The average molecular weight is 374 g/mol. The molecule has 27 heavy (non-hydrogen) atoms. The van der Waals surface area contributed by atoms with E-state index in [2.05, 4.69) is 67.2 Å². The Balaban J connectivity index is 1.53. The first-order valence-electron chi connectivity index (χ1n) is 10.1. The van der Waals surface area contributed by atoms with E-state index in [1.807, 2.05) is 7.05 Å². The van der Waals surface area contributed by atoms with E-state index >= 15 is 0 Å². The SMILES string of the molecule is CN=C(NCc1cccc(COC2CCOCC2)c1)N1CC(C)(C)C1(C)C. The summed E-state index contributed by atoms with van der Waals surface area (Å²) in [6, 6.07) is 8.63. The molecule has 2 aliphatic heterocycles. The van der Waals surface area contributed by atoms with Crippen molar-refractivity contribution < 1.29 is 9.47 Å². The summed E-state index contributed by atoms with van der Waals surface area (Å²) < 4.78 is 11.4. The van der Waals surface area contributed by atoms with Gasteiger partial charge in [0.05, 0.1) is 12.7 Å². The molecule has 5 heteroatoms. The number of nitrogens with one attached hydrogen (secondary N) is 1. The van der Waals surface area contributed by atoms with Gasteiger partial charge in [0.2, 0.25) is 0 Å². The van der Waals surface area contributed by atoms with Gasteiger partial charge in [-0.1, -0.05) is 38.1 Å². The van der Waals surface area contributed by atoms with E-state index in [4.69, 9.17) is 9.47 Å². The summed E-state index contributed by atoms with van der Waals surface area (Å²) in [5, 5.41) is 3.53. The quantitative estimate of drug-likeness (QED) is 0.633. The predicted molar refractivity (Wildman–Crippen MR) is 110 cm³/mol.